The fourth-order valence-electron chi connectivity index (χ4n) is 1.05. The SMILES string of the molecule is CCCCC(=O)/C=C(/C)NN(C)C. The molecule has 0 spiro atoms. The summed E-state index contributed by atoms with van der Waals surface area (Å²) in [5.41, 5.74) is 3.92. The van der Waals surface area contributed by atoms with Crippen LogP contribution in [0.25, 0.3) is 0 Å². The van der Waals surface area contributed by atoms with Crippen LogP contribution < -0.4 is 5.43 Å². The first-order valence-corrected chi connectivity index (χ1v) is 4.71. The van der Waals surface area contributed by atoms with E-state index in [0.29, 0.717) is 6.42 Å². The highest BCUT2D eigenvalue weighted by molar-refractivity contribution is 5.90. The number of rotatable bonds is 6. The number of ketones is 1. The number of hydrogen-bond donors (Lipinski definition) is 1. The predicted octanol–water partition coefficient (Wildman–Crippen LogP) is 1.72. The van der Waals surface area contributed by atoms with Crippen molar-refractivity contribution >= 4 is 5.78 Å². The number of carbonyl (C=O) groups excluding carboxylic acids is 1. The number of hydrogen-bond acceptors (Lipinski definition) is 3. The quantitative estimate of drug-likeness (QED) is 0.504. The molecule has 0 aliphatic heterocycles. The molecule has 0 aromatic rings. The number of nitrogens with one attached hydrogen (secondary N) is 1. The summed E-state index contributed by atoms with van der Waals surface area (Å²) < 4.78 is 0. The largest absolute Gasteiger partial charge is 0.324 e. The molecular formula is C10H20N2O. The molecule has 13 heavy (non-hydrogen) atoms. The molecule has 3 nitrogen and oxygen atoms in total. The Balaban J connectivity index is 3.84. The van der Waals surface area contributed by atoms with E-state index < -0.39 is 0 Å². The monoisotopic (exact) mass is 184 g/mol. The van der Waals surface area contributed by atoms with E-state index in [1.807, 2.05) is 26.0 Å². The van der Waals surface area contributed by atoms with Gasteiger partial charge in [-0.15, -0.1) is 0 Å². The van der Waals surface area contributed by atoms with Crippen LogP contribution >= 0.6 is 0 Å². The van der Waals surface area contributed by atoms with Crippen LogP contribution in [0.1, 0.15) is 33.1 Å². The van der Waals surface area contributed by atoms with Gasteiger partial charge in [0.1, 0.15) is 0 Å². The molecule has 1 N–H and O–H groups in total. The molecule has 0 aliphatic rings. The molecule has 0 aliphatic carbocycles. The second kappa shape index (κ2) is 6.66. The summed E-state index contributed by atoms with van der Waals surface area (Å²) in [7, 11) is 3.79. The molecule has 76 valence electrons. The van der Waals surface area contributed by atoms with Crippen molar-refractivity contribution in [1.82, 2.24) is 10.4 Å². The minimum atomic E-state index is 0.203. The summed E-state index contributed by atoms with van der Waals surface area (Å²) in [5.74, 6) is 0.203. The first kappa shape index (κ1) is 12.2. The molecular weight excluding hydrogens is 164 g/mol. The van der Waals surface area contributed by atoms with Crippen molar-refractivity contribution in [2.24, 2.45) is 0 Å². The zero-order chi connectivity index (χ0) is 10.3. The molecule has 0 unspecified atom stereocenters. The molecule has 0 aromatic heterocycles. The van der Waals surface area contributed by atoms with E-state index >= 15 is 0 Å². The fourth-order valence-corrected chi connectivity index (χ4v) is 1.05. The van der Waals surface area contributed by atoms with Gasteiger partial charge in [0.25, 0.3) is 0 Å². The van der Waals surface area contributed by atoms with Gasteiger partial charge in [-0.3, -0.25) is 4.79 Å². The lowest BCUT2D eigenvalue weighted by atomic mass is 10.2. The Morgan fingerprint density at radius 2 is 2.08 bits per heavy atom. The van der Waals surface area contributed by atoms with Gasteiger partial charge in [0.2, 0.25) is 0 Å². The summed E-state index contributed by atoms with van der Waals surface area (Å²) in [6.45, 7) is 3.98. The van der Waals surface area contributed by atoms with Crippen molar-refractivity contribution in [2.45, 2.75) is 33.1 Å². The zero-order valence-electron chi connectivity index (χ0n) is 9.05. The van der Waals surface area contributed by atoms with E-state index in [0.717, 1.165) is 18.5 Å². The number of allylic oxidation sites excluding steroid dienone is 2. The van der Waals surface area contributed by atoms with Crippen LogP contribution in [0.5, 0.6) is 0 Å². The molecule has 0 atom stereocenters. The minimum absolute atomic E-state index is 0.203. The average molecular weight is 184 g/mol. The normalized spacial score (nSPS) is 11.9. The number of carbonyl (C=O) groups is 1. The van der Waals surface area contributed by atoms with E-state index in [9.17, 15) is 4.79 Å². The third kappa shape index (κ3) is 7.53. The number of nitrogens with zero attached hydrogens (tertiary/aromatic N) is 1. The van der Waals surface area contributed by atoms with E-state index in [1.165, 1.54) is 0 Å². The summed E-state index contributed by atoms with van der Waals surface area (Å²) in [6, 6.07) is 0. The minimum Gasteiger partial charge on any atom is -0.324 e. The summed E-state index contributed by atoms with van der Waals surface area (Å²) >= 11 is 0. The van der Waals surface area contributed by atoms with Gasteiger partial charge < -0.3 is 5.43 Å². The third-order valence-corrected chi connectivity index (χ3v) is 1.55. The lowest BCUT2D eigenvalue weighted by molar-refractivity contribution is -0.114. The maximum atomic E-state index is 11.3. The van der Waals surface area contributed by atoms with Gasteiger partial charge in [-0.05, 0) is 13.3 Å². The van der Waals surface area contributed by atoms with Gasteiger partial charge in [0.05, 0.1) is 0 Å². The molecule has 0 saturated heterocycles. The molecule has 3 heteroatoms. The van der Waals surface area contributed by atoms with Crippen LogP contribution in [0.3, 0.4) is 0 Å². The van der Waals surface area contributed by atoms with Crippen molar-refractivity contribution < 1.29 is 4.79 Å². The van der Waals surface area contributed by atoms with E-state index in [2.05, 4.69) is 12.3 Å². The second-order valence-corrected chi connectivity index (χ2v) is 3.40. The Hall–Kier alpha value is -0.830. The molecule has 0 aromatic carbocycles. The molecule has 0 saturated carbocycles. The number of unbranched alkanes of at least 4 members (excludes halogenated alkanes) is 1. The van der Waals surface area contributed by atoms with E-state index in [4.69, 9.17) is 0 Å². The van der Waals surface area contributed by atoms with Crippen molar-refractivity contribution in [3.05, 3.63) is 11.8 Å². The first-order valence-electron chi connectivity index (χ1n) is 4.71. The van der Waals surface area contributed by atoms with Gasteiger partial charge in [-0.25, -0.2) is 5.01 Å². The van der Waals surface area contributed by atoms with Gasteiger partial charge >= 0.3 is 0 Å². The van der Waals surface area contributed by atoms with Gasteiger partial charge in [-0.2, -0.15) is 0 Å². The van der Waals surface area contributed by atoms with Gasteiger partial charge in [0.15, 0.2) is 5.78 Å². The average Bonchev–Trinajstić information content (AvgIpc) is 1.98. The fraction of sp³-hybridized carbons (Fsp3) is 0.700. The Labute approximate surface area is 80.8 Å². The molecule has 0 radical (unpaired) electrons. The van der Waals surface area contributed by atoms with E-state index in [1.54, 1.807) is 6.08 Å². The van der Waals surface area contributed by atoms with Crippen LogP contribution in [0, 0.1) is 0 Å². The third-order valence-electron chi connectivity index (χ3n) is 1.55. The maximum absolute atomic E-state index is 11.3. The second-order valence-electron chi connectivity index (χ2n) is 3.40. The van der Waals surface area contributed by atoms with Crippen LogP contribution in [-0.4, -0.2) is 24.9 Å². The van der Waals surface area contributed by atoms with Crippen LogP contribution in [0.15, 0.2) is 11.8 Å². The Morgan fingerprint density at radius 3 is 2.54 bits per heavy atom. The van der Waals surface area contributed by atoms with Crippen LogP contribution in [0.4, 0.5) is 0 Å². The molecule has 0 fully saturated rings. The van der Waals surface area contributed by atoms with Crippen LogP contribution in [0.2, 0.25) is 0 Å². The van der Waals surface area contributed by atoms with Crippen molar-refractivity contribution in [3.8, 4) is 0 Å². The highest BCUT2D eigenvalue weighted by Crippen LogP contribution is 1.98. The van der Waals surface area contributed by atoms with Crippen molar-refractivity contribution in [1.29, 1.82) is 0 Å². The molecule has 0 bridgehead atoms. The van der Waals surface area contributed by atoms with Crippen LogP contribution in [-0.2, 0) is 4.79 Å². The Bertz CT molecular complexity index is 185. The predicted molar refractivity (Wildman–Crippen MR) is 55.1 cm³/mol. The lowest BCUT2D eigenvalue weighted by Gasteiger charge is -2.13. The number of hydrazine groups is 1. The topological polar surface area (TPSA) is 32.3 Å². The van der Waals surface area contributed by atoms with Gasteiger partial charge in [-0.1, -0.05) is 13.3 Å². The first-order chi connectivity index (χ1) is 6.06. The molecule has 0 rings (SSSR count). The standard InChI is InChI=1S/C10H20N2O/c1-5-6-7-10(13)8-9(2)11-12(3)4/h8,11H,5-7H2,1-4H3/b9-8-. The molecule has 0 amide bonds. The smallest absolute Gasteiger partial charge is 0.157 e. The maximum Gasteiger partial charge on any atom is 0.157 e. The summed E-state index contributed by atoms with van der Waals surface area (Å²) in [5, 5.41) is 1.82. The summed E-state index contributed by atoms with van der Waals surface area (Å²) in [6.07, 6.45) is 4.36. The Morgan fingerprint density at radius 1 is 1.46 bits per heavy atom. The molecule has 0 heterocycles. The van der Waals surface area contributed by atoms with E-state index in [-0.39, 0.29) is 5.78 Å². The Kier molecular flexibility index (Phi) is 6.24. The highest BCUT2D eigenvalue weighted by Gasteiger charge is 1.98. The zero-order valence-corrected chi connectivity index (χ0v) is 9.05. The van der Waals surface area contributed by atoms with Crippen molar-refractivity contribution in [3.63, 3.8) is 0 Å². The lowest BCUT2D eigenvalue weighted by Crippen LogP contribution is -2.28. The highest BCUT2D eigenvalue weighted by atomic mass is 16.1. The summed E-state index contributed by atoms with van der Waals surface area (Å²) in [4.78, 5) is 11.3. The van der Waals surface area contributed by atoms with Crippen molar-refractivity contribution in [2.75, 3.05) is 14.1 Å². The van der Waals surface area contributed by atoms with Gasteiger partial charge in [0, 0.05) is 32.3 Å².